The van der Waals surface area contributed by atoms with Gasteiger partial charge in [-0.05, 0) is 90.9 Å². The Kier molecular flexibility index (Phi) is 3.55. The highest BCUT2D eigenvalue weighted by Crippen LogP contribution is 2.60. The van der Waals surface area contributed by atoms with Crippen molar-refractivity contribution in [2.24, 2.45) is 17.8 Å². The third-order valence-electron chi connectivity index (χ3n) is 7.28. The summed E-state index contributed by atoms with van der Waals surface area (Å²) in [4.78, 5) is 4.71. The average molecular weight is 332 g/mol. The molecule has 1 heterocycles. The van der Waals surface area contributed by atoms with Gasteiger partial charge in [-0.1, -0.05) is 38.1 Å². The van der Waals surface area contributed by atoms with Gasteiger partial charge >= 0.3 is 0 Å². The van der Waals surface area contributed by atoms with Gasteiger partial charge in [0.2, 0.25) is 0 Å². The molecule has 0 unspecified atom stereocenters. The van der Waals surface area contributed by atoms with Crippen molar-refractivity contribution in [3.63, 3.8) is 0 Å². The summed E-state index contributed by atoms with van der Waals surface area (Å²) in [6.45, 7) is 4.50. The van der Waals surface area contributed by atoms with Crippen molar-refractivity contribution < 1.29 is 0 Å². The summed E-state index contributed by atoms with van der Waals surface area (Å²) in [5.74, 6) is 3.56. The van der Waals surface area contributed by atoms with Gasteiger partial charge in [-0.3, -0.25) is 4.98 Å². The van der Waals surface area contributed by atoms with Crippen LogP contribution in [-0.4, -0.2) is 4.98 Å². The molecule has 1 aromatic carbocycles. The van der Waals surface area contributed by atoms with Gasteiger partial charge in [0.15, 0.2) is 0 Å². The lowest BCUT2D eigenvalue weighted by molar-refractivity contribution is -0.00520. The number of hydrogen-bond donors (Lipinski definition) is 0. The third kappa shape index (κ3) is 2.63. The molecule has 0 saturated heterocycles. The number of pyridine rings is 1. The van der Waals surface area contributed by atoms with Crippen LogP contribution in [0.15, 0.2) is 42.6 Å². The van der Waals surface area contributed by atoms with Gasteiger partial charge in [-0.15, -0.1) is 0 Å². The fourth-order valence-corrected chi connectivity index (χ4v) is 6.42. The molecule has 6 rings (SSSR count). The first-order valence-electron chi connectivity index (χ1n) is 10.2. The Morgan fingerprint density at radius 1 is 0.880 bits per heavy atom. The van der Waals surface area contributed by atoms with E-state index in [0.717, 1.165) is 23.4 Å². The summed E-state index contributed by atoms with van der Waals surface area (Å²) in [6, 6.07) is 13.8. The molecule has 0 spiro atoms. The molecule has 4 bridgehead atoms. The summed E-state index contributed by atoms with van der Waals surface area (Å²) >= 11 is 0. The molecule has 0 radical (unpaired) electrons. The fourth-order valence-electron chi connectivity index (χ4n) is 6.42. The highest BCUT2D eigenvalue weighted by Gasteiger charge is 2.51. The predicted molar refractivity (Wildman–Crippen MR) is 104 cm³/mol. The maximum absolute atomic E-state index is 4.71. The van der Waals surface area contributed by atoms with E-state index in [1.54, 1.807) is 5.56 Å². The molecule has 4 aliphatic rings. The minimum Gasteiger partial charge on any atom is -0.256 e. The van der Waals surface area contributed by atoms with Crippen LogP contribution >= 0.6 is 0 Å². The summed E-state index contributed by atoms with van der Waals surface area (Å²) < 4.78 is 0. The topological polar surface area (TPSA) is 12.9 Å². The van der Waals surface area contributed by atoms with Gasteiger partial charge in [0.05, 0.1) is 5.69 Å². The van der Waals surface area contributed by atoms with Crippen molar-refractivity contribution in [2.45, 2.75) is 63.7 Å². The summed E-state index contributed by atoms with van der Waals surface area (Å²) in [6.07, 6.45) is 10.9. The van der Waals surface area contributed by atoms with Crippen LogP contribution in [0, 0.1) is 17.8 Å². The smallest absolute Gasteiger partial charge is 0.0704 e. The number of rotatable bonds is 3. The van der Waals surface area contributed by atoms with E-state index in [4.69, 9.17) is 4.98 Å². The van der Waals surface area contributed by atoms with Gasteiger partial charge in [0.25, 0.3) is 0 Å². The van der Waals surface area contributed by atoms with Crippen LogP contribution in [0.1, 0.15) is 69.4 Å². The van der Waals surface area contributed by atoms with Crippen molar-refractivity contribution in [3.05, 3.63) is 53.7 Å². The molecule has 25 heavy (non-hydrogen) atoms. The highest BCUT2D eigenvalue weighted by atomic mass is 14.7. The second-order valence-electron chi connectivity index (χ2n) is 9.40. The monoisotopic (exact) mass is 331 g/mol. The van der Waals surface area contributed by atoms with E-state index in [2.05, 4.69) is 56.4 Å². The van der Waals surface area contributed by atoms with E-state index in [1.807, 2.05) is 0 Å². The summed E-state index contributed by atoms with van der Waals surface area (Å²) in [5.41, 5.74) is 5.86. The third-order valence-corrected chi connectivity index (χ3v) is 7.28. The van der Waals surface area contributed by atoms with Crippen LogP contribution in [0.2, 0.25) is 0 Å². The maximum Gasteiger partial charge on any atom is 0.0704 e. The first kappa shape index (κ1) is 15.6. The van der Waals surface area contributed by atoms with E-state index in [9.17, 15) is 0 Å². The van der Waals surface area contributed by atoms with Crippen LogP contribution in [-0.2, 0) is 5.41 Å². The van der Waals surface area contributed by atoms with E-state index >= 15 is 0 Å². The molecule has 130 valence electrons. The van der Waals surface area contributed by atoms with E-state index in [0.29, 0.717) is 11.3 Å². The fraction of sp³-hybridized carbons (Fsp3) is 0.542. The molecule has 2 aromatic rings. The number of benzene rings is 1. The molecular weight excluding hydrogens is 302 g/mol. The normalized spacial score (nSPS) is 33.2. The molecule has 1 heteroatoms. The first-order valence-corrected chi connectivity index (χ1v) is 10.2. The zero-order chi connectivity index (χ0) is 17.0. The van der Waals surface area contributed by atoms with Crippen LogP contribution in [0.25, 0.3) is 11.3 Å². The van der Waals surface area contributed by atoms with Crippen molar-refractivity contribution in [1.82, 2.24) is 4.98 Å². The van der Waals surface area contributed by atoms with Gasteiger partial charge in [0.1, 0.15) is 0 Å². The Morgan fingerprint density at radius 2 is 1.48 bits per heavy atom. The number of nitrogens with zero attached hydrogens (tertiary/aromatic N) is 1. The zero-order valence-electron chi connectivity index (χ0n) is 15.5. The molecule has 1 nitrogen and oxygen atoms in total. The molecule has 0 aliphatic heterocycles. The molecule has 0 amide bonds. The average Bonchev–Trinajstić information content (AvgIpc) is 2.61. The SMILES string of the molecule is CC(C)c1ccc(-c2cc(C34CC5CC(CC(C5)C3)C4)ccn2)cc1. The Bertz CT molecular complexity index is 736. The zero-order valence-corrected chi connectivity index (χ0v) is 15.5. The van der Waals surface area contributed by atoms with Gasteiger partial charge in [-0.25, -0.2) is 0 Å². The van der Waals surface area contributed by atoms with Crippen LogP contribution < -0.4 is 0 Å². The minimum atomic E-state index is 0.463. The van der Waals surface area contributed by atoms with Gasteiger partial charge < -0.3 is 0 Å². The van der Waals surface area contributed by atoms with Gasteiger partial charge in [0, 0.05) is 11.8 Å². The van der Waals surface area contributed by atoms with Crippen LogP contribution in [0.4, 0.5) is 0 Å². The lowest BCUT2D eigenvalue weighted by Gasteiger charge is -2.57. The molecule has 4 fully saturated rings. The van der Waals surface area contributed by atoms with Crippen molar-refractivity contribution in [1.29, 1.82) is 0 Å². The predicted octanol–water partition coefficient (Wildman–Crippen LogP) is 6.34. The summed E-state index contributed by atoms with van der Waals surface area (Å²) in [7, 11) is 0. The second kappa shape index (κ2) is 5.69. The molecule has 0 N–H and O–H groups in total. The lowest BCUT2D eigenvalue weighted by Crippen LogP contribution is -2.48. The molecule has 0 atom stereocenters. The van der Waals surface area contributed by atoms with Crippen LogP contribution in [0.3, 0.4) is 0 Å². The Balaban J connectivity index is 1.49. The van der Waals surface area contributed by atoms with Crippen molar-refractivity contribution in [2.75, 3.05) is 0 Å². The number of hydrogen-bond acceptors (Lipinski definition) is 1. The van der Waals surface area contributed by atoms with E-state index in [1.165, 1.54) is 49.7 Å². The Hall–Kier alpha value is -1.63. The number of aromatic nitrogens is 1. The molecular formula is C24H29N. The van der Waals surface area contributed by atoms with Crippen molar-refractivity contribution >= 4 is 0 Å². The molecule has 4 aliphatic carbocycles. The lowest BCUT2D eigenvalue weighted by atomic mass is 9.48. The van der Waals surface area contributed by atoms with E-state index in [-0.39, 0.29) is 0 Å². The summed E-state index contributed by atoms with van der Waals surface area (Å²) in [5, 5.41) is 0. The minimum absolute atomic E-state index is 0.463. The van der Waals surface area contributed by atoms with Crippen LogP contribution in [0.5, 0.6) is 0 Å². The molecule has 4 saturated carbocycles. The van der Waals surface area contributed by atoms with Gasteiger partial charge in [-0.2, -0.15) is 0 Å². The highest BCUT2D eigenvalue weighted by molar-refractivity contribution is 5.60. The molecule has 1 aromatic heterocycles. The largest absolute Gasteiger partial charge is 0.256 e. The Morgan fingerprint density at radius 3 is 2.04 bits per heavy atom. The first-order chi connectivity index (χ1) is 12.1. The Labute approximate surface area is 151 Å². The maximum atomic E-state index is 4.71. The standard InChI is InChI=1S/C24H29N/c1-16(2)20-3-5-21(6-4-20)23-12-22(7-8-25-23)24-13-17-9-18(14-24)11-19(10-17)15-24/h3-8,12,16-19H,9-11,13-15H2,1-2H3. The second-order valence-corrected chi connectivity index (χ2v) is 9.40. The van der Waals surface area contributed by atoms with E-state index < -0.39 is 0 Å². The van der Waals surface area contributed by atoms with Crippen molar-refractivity contribution in [3.8, 4) is 11.3 Å². The quantitative estimate of drug-likeness (QED) is 0.639.